The van der Waals surface area contributed by atoms with Crippen LogP contribution in [0.15, 0.2) is 84.0 Å². The van der Waals surface area contributed by atoms with E-state index in [1.54, 1.807) is 43.5 Å². The first-order valence-electron chi connectivity index (χ1n) is 10.9. The second-order valence-electron chi connectivity index (χ2n) is 8.10. The van der Waals surface area contributed by atoms with E-state index in [0.717, 1.165) is 36.0 Å². The van der Waals surface area contributed by atoms with Crippen molar-refractivity contribution in [1.82, 2.24) is 4.98 Å². The van der Waals surface area contributed by atoms with E-state index >= 15 is 0 Å². The highest BCUT2D eigenvalue weighted by Gasteiger charge is 2.20. The van der Waals surface area contributed by atoms with Crippen LogP contribution in [0.5, 0.6) is 0 Å². The summed E-state index contributed by atoms with van der Waals surface area (Å²) in [5.41, 5.74) is 2.95. The van der Waals surface area contributed by atoms with Crippen molar-refractivity contribution >= 4 is 15.8 Å². The van der Waals surface area contributed by atoms with Crippen LogP contribution in [0.2, 0.25) is 0 Å². The average molecular weight is 452 g/mol. The van der Waals surface area contributed by atoms with E-state index in [2.05, 4.69) is 4.98 Å². The Balaban J connectivity index is 1.73. The highest BCUT2D eigenvalue weighted by Crippen LogP contribution is 2.29. The van der Waals surface area contributed by atoms with Crippen molar-refractivity contribution in [2.75, 3.05) is 5.75 Å². The molecule has 0 aliphatic heterocycles. The molecule has 0 radical (unpaired) electrons. The summed E-state index contributed by atoms with van der Waals surface area (Å²) in [4.78, 5) is 15.8. The Morgan fingerprint density at radius 1 is 0.938 bits per heavy atom. The number of pyridine rings is 1. The van der Waals surface area contributed by atoms with Crippen molar-refractivity contribution in [3.05, 3.63) is 95.8 Å². The summed E-state index contributed by atoms with van der Waals surface area (Å²) in [6.07, 6.45) is 6.75. The van der Waals surface area contributed by atoms with Gasteiger partial charge in [-0.15, -0.1) is 0 Å². The topological polar surface area (TPSA) is 84.3 Å². The molecule has 2 aromatic carbocycles. The van der Waals surface area contributed by atoms with Crippen molar-refractivity contribution in [3.63, 3.8) is 0 Å². The molecule has 0 aliphatic carbocycles. The Hall–Kier alpha value is -2.99. The third-order valence-electron chi connectivity index (χ3n) is 5.86. The number of hydrogen-bond donors (Lipinski definition) is 1. The minimum absolute atomic E-state index is 0.0688. The molecule has 1 heterocycles. The van der Waals surface area contributed by atoms with Crippen LogP contribution in [0.3, 0.4) is 0 Å². The van der Waals surface area contributed by atoms with Crippen LogP contribution in [0.25, 0.3) is 0 Å². The van der Waals surface area contributed by atoms with Crippen molar-refractivity contribution in [2.24, 2.45) is 0 Å². The highest BCUT2D eigenvalue weighted by molar-refractivity contribution is 7.91. The van der Waals surface area contributed by atoms with Crippen molar-refractivity contribution < 1.29 is 18.3 Å². The predicted molar refractivity (Wildman–Crippen MR) is 126 cm³/mol. The molecule has 6 heteroatoms. The van der Waals surface area contributed by atoms with Gasteiger partial charge in [0.15, 0.2) is 9.84 Å². The number of benzene rings is 2. The maximum atomic E-state index is 12.8. The summed E-state index contributed by atoms with van der Waals surface area (Å²) in [6, 6.07) is 20.1. The number of carboxylic acid groups (broad SMARTS) is 1. The van der Waals surface area contributed by atoms with Gasteiger partial charge in [0, 0.05) is 12.4 Å². The van der Waals surface area contributed by atoms with Gasteiger partial charge < -0.3 is 5.11 Å². The molecule has 168 valence electrons. The number of aryl methyl sites for hydroxylation is 1. The Bertz CT molecular complexity index is 1100. The Morgan fingerprint density at radius 2 is 1.62 bits per heavy atom. The lowest BCUT2D eigenvalue weighted by Gasteiger charge is -2.19. The van der Waals surface area contributed by atoms with E-state index in [-0.39, 0.29) is 11.7 Å². The van der Waals surface area contributed by atoms with Crippen LogP contribution in [0.1, 0.15) is 54.7 Å². The number of hydrogen-bond acceptors (Lipinski definition) is 4. The molecule has 3 rings (SSSR count). The van der Waals surface area contributed by atoms with E-state index in [4.69, 9.17) is 0 Å². The maximum absolute atomic E-state index is 12.8. The molecule has 2 atom stereocenters. The minimum Gasteiger partial charge on any atom is -0.481 e. The first kappa shape index (κ1) is 23.7. The summed E-state index contributed by atoms with van der Waals surface area (Å²) in [5.74, 6) is -1.30. The number of rotatable bonds is 11. The lowest BCUT2D eigenvalue weighted by atomic mass is 9.89. The first-order valence-corrected chi connectivity index (χ1v) is 12.5. The van der Waals surface area contributed by atoms with Gasteiger partial charge in [0.1, 0.15) is 0 Å². The molecule has 3 aromatic rings. The zero-order chi connectivity index (χ0) is 23.0. The number of carboxylic acids is 1. The van der Waals surface area contributed by atoms with Gasteiger partial charge in [0.05, 0.1) is 16.6 Å². The quantitative estimate of drug-likeness (QED) is 0.431. The average Bonchev–Trinajstić information content (AvgIpc) is 2.82. The second-order valence-corrected chi connectivity index (χ2v) is 10.2. The van der Waals surface area contributed by atoms with E-state index < -0.39 is 21.7 Å². The third kappa shape index (κ3) is 6.50. The summed E-state index contributed by atoms with van der Waals surface area (Å²) in [5, 5.41) is 9.25. The largest absolute Gasteiger partial charge is 0.481 e. The van der Waals surface area contributed by atoms with Gasteiger partial charge in [-0.1, -0.05) is 48.5 Å². The molecule has 0 fully saturated rings. The van der Waals surface area contributed by atoms with Crippen LogP contribution < -0.4 is 0 Å². The van der Waals surface area contributed by atoms with E-state index in [0.29, 0.717) is 11.3 Å². The second kappa shape index (κ2) is 11.0. The fourth-order valence-corrected chi connectivity index (χ4v) is 5.22. The third-order valence-corrected chi connectivity index (χ3v) is 7.62. The van der Waals surface area contributed by atoms with Crippen molar-refractivity contribution in [2.45, 2.75) is 49.3 Å². The monoisotopic (exact) mass is 451 g/mol. The van der Waals surface area contributed by atoms with E-state index in [9.17, 15) is 18.3 Å². The smallest absolute Gasteiger partial charge is 0.310 e. The van der Waals surface area contributed by atoms with Gasteiger partial charge in [0.2, 0.25) is 0 Å². The Labute approximate surface area is 190 Å². The summed E-state index contributed by atoms with van der Waals surface area (Å²) in [6.45, 7) is 1.66. The van der Waals surface area contributed by atoms with Crippen molar-refractivity contribution in [3.8, 4) is 0 Å². The van der Waals surface area contributed by atoms with Crippen LogP contribution >= 0.6 is 0 Å². The highest BCUT2D eigenvalue weighted by atomic mass is 32.2. The van der Waals surface area contributed by atoms with E-state index in [1.807, 2.05) is 42.6 Å². The fourth-order valence-electron chi connectivity index (χ4n) is 3.82. The minimum atomic E-state index is -3.36. The van der Waals surface area contributed by atoms with Gasteiger partial charge in [-0.2, -0.15) is 0 Å². The summed E-state index contributed by atoms with van der Waals surface area (Å²) in [7, 11) is -3.36. The molecule has 1 aromatic heterocycles. The maximum Gasteiger partial charge on any atom is 0.310 e. The Kier molecular flexibility index (Phi) is 8.17. The molecule has 5 nitrogen and oxygen atoms in total. The molecular weight excluding hydrogens is 422 g/mol. The molecule has 0 amide bonds. The van der Waals surface area contributed by atoms with Gasteiger partial charge in [0.25, 0.3) is 0 Å². The van der Waals surface area contributed by atoms with Crippen LogP contribution in [-0.2, 0) is 21.1 Å². The SMILES string of the molecule is CC(C(=O)O)c1ccc(C(CCCc2cccnc2)CCS(=O)(=O)c2ccccc2)cc1. The Morgan fingerprint density at radius 3 is 2.25 bits per heavy atom. The fraction of sp³-hybridized carbons (Fsp3) is 0.308. The van der Waals surface area contributed by atoms with Crippen LogP contribution in [0.4, 0.5) is 0 Å². The first-order chi connectivity index (χ1) is 15.4. The predicted octanol–water partition coefficient (Wildman–Crippen LogP) is 5.24. The number of aromatic nitrogens is 1. The van der Waals surface area contributed by atoms with Gasteiger partial charge in [-0.05, 0) is 73.4 Å². The molecule has 0 saturated heterocycles. The lowest BCUT2D eigenvalue weighted by molar-refractivity contribution is -0.138. The van der Waals surface area contributed by atoms with Gasteiger partial charge in [-0.25, -0.2) is 8.42 Å². The number of carbonyl (C=O) groups is 1. The zero-order valence-electron chi connectivity index (χ0n) is 18.2. The van der Waals surface area contributed by atoms with Crippen molar-refractivity contribution in [1.29, 1.82) is 0 Å². The molecule has 0 aliphatic rings. The molecule has 0 bridgehead atoms. The number of sulfone groups is 1. The summed E-state index contributed by atoms with van der Waals surface area (Å²) < 4.78 is 25.6. The van der Waals surface area contributed by atoms with Crippen LogP contribution in [-0.4, -0.2) is 30.2 Å². The normalized spacial score (nSPS) is 13.4. The van der Waals surface area contributed by atoms with E-state index in [1.165, 1.54) is 0 Å². The van der Waals surface area contributed by atoms with Crippen LogP contribution in [0, 0.1) is 0 Å². The van der Waals surface area contributed by atoms with Gasteiger partial charge >= 0.3 is 5.97 Å². The molecule has 2 unspecified atom stereocenters. The summed E-state index contributed by atoms with van der Waals surface area (Å²) >= 11 is 0. The molecule has 32 heavy (non-hydrogen) atoms. The molecule has 0 saturated carbocycles. The lowest BCUT2D eigenvalue weighted by Crippen LogP contribution is -2.12. The zero-order valence-corrected chi connectivity index (χ0v) is 19.0. The standard InChI is InChI=1S/C26H29NO4S/c1-20(26(28)29)22-12-14-24(15-13-22)23(9-5-7-21-8-6-17-27-19-21)16-18-32(30,31)25-10-3-2-4-11-25/h2-4,6,8,10-15,17,19-20,23H,5,7,9,16,18H2,1H3,(H,28,29). The molecular formula is C26H29NO4S. The molecule has 1 N–H and O–H groups in total. The number of nitrogens with zero attached hydrogens (tertiary/aromatic N) is 1. The molecule has 0 spiro atoms. The number of aliphatic carboxylic acids is 1. The van der Waals surface area contributed by atoms with Gasteiger partial charge in [-0.3, -0.25) is 9.78 Å².